The molecule has 0 saturated carbocycles. The van der Waals surface area contributed by atoms with E-state index in [4.69, 9.17) is 0 Å². The van der Waals surface area contributed by atoms with E-state index in [2.05, 4.69) is 4.98 Å². The molecule has 0 fully saturated rings. The number of carbonyl (C=O) groups excluding carboxylic acids is 1. The van der Waals surface area contributed by atoms with E-state index in [0.29, 0.717) is 5.56 Å². The Bertz CT molecular complexity index is 520. The molecule has 0 aliphatic rings. The maximum atomic E-state index is 12.7. The molecule has 2 aromatic rings. The van der Waals surface area contributed by atoms with Gasteiger partial charge in [0.2, 0.25) is 5.95 Å². The number of benzene rings is 1. The summed E-state index contributed by atoms with van der Waals surface area (Å²) in [5.74, 6) is -0.507. The van der Waals surface area contributed by atoms with Gasteiger partial charge in [0.1, 0.15) is 6.29 Å². The highest BCUT2D eigenvalue weighted by atomic mass is 19.1. The summed E-state index contributed by atoms with van der Waals surface area (Å²) in [5.41, 5.74) is 3.23. The van der Waals surface area contributed by atoms with Crippen LogP contribution in [0.2, 0.25) is 0 Å². The number of aromatic nitrogens is 1. The number of pyridine rings is 1. The fourth-order valence-corrected chi connectivity index (χ4v) is 1.63. The summed E-state index contributed by atoms with van der Waals surface area (Å²) in [6.07, 6.45) is 2.28. The van der Waals surface area contributed by atoms with Crippen LogP contribution in [-0.4, -0.2) is 11.3 Å². The molecule has 0 saturated heterocycles. The number of nitrogens with zero attached hydrogens (tertiary/aromatic N) is 1. The lowest BCUT2D eigenvalue weighted by atomic mass is 9.98. The maximum absolute atomic E-state index is 12.7. The minimum Gasteiger partial charge on any atom is -0.298 e. The molecule has 16 heavy (non-hydrogen) atoms. The molecule has 0 aliphatic carbocycles. The number of halogens is 1. The predicted molar refractivity (Wildman–Crippen MR) is 59.8 cm³/mol. The van der Waals surface area contributed by atoms with Crippen LogP contribution in [0.4, 0.5) is 4.39 Å². The first-order valence-corrected chi connectivity index (χ1v) is 4.89. The van der Waals surface area contributed by atoms with E-state index in [1.807, 2.05) is 13.0 Å². The molecular formula is C13H10FNO. The van der Waals surface area contributed by atoms with Crippen molar-refractivity contribution in [2.24, 2.45) is 0 Å². The molecule has 0 N–H and O–H groups in total. The molecule has 1 aromatic carbocycles. The number of aldehydes is 1. The van der Waals surface area contributed by atoms with Gasteiger partial charge in [-0.2, -0.15) is 4.39 Å². The smallest absolute Gasteiger partial charge is 0.212 e. The van der Waals surface area contributed by atoms with E-state index in [1.54, 1.807) is 18.2 Å². The third kappa shape index (κ3) is 1.84. The van der Waals surface area contributed by atoms with Crippen LogP contribution in [0.15, 0.2) is 36.5 Å². The Morgan fingerprint density at radius 3 is 2.69 bits per heavy atom. The van der Waals surface area contributed by atoms with Crippen LogP contribution in [0.1, 0.15) is 15.9 Å². The largest absolute Gasteiger partial charge is 0.298 e. The van der Waals surface area contributed by atoms with Crippen LogP contribution in [-0.2, 0) is 0 Å². The molecule has 1 heterocycles. The third-order valence-electron chi connectivity index (χ3n) is 2.54. The zero-order valence-electron chi connectivity index (χ0n) is 8.77. The van der Waals surface area contributed by atoms with Gasteiger partial charge in [0.25, 0.3) is 0 Å². The van der Waals surface area contributed by atoms with E-state index in [9.17, 15) is 9.18 Å². The number of hydrogen-bond acceptors (Lipinski definition) is 2. The molecule has 80 valence electrons. The van der Waals surface area contributed by atoms with Crippen LogP contribution in [0, 0.1) is 12.9 Å². The molecule has 0 bridgehead atoms. The van der Waals surface area contributed by atoms with Crippen molar-refractivity contribution in [3.63, 3.8) is 0 Å². The predicted octanol–water partition coefficient (Wildman–Crippen LogP) is 3.01. The highest BCUT2D eigenvalue weighted by Gasteiger charge is 2.05. The highest BCUT2D eigenvalue weighted by molar-refractivity contribution is 5.82. The fourth-order valence-electron chi connectivity index (χ4n) is 1.63. The second kappa shape index (κ2) is 4.23. The van der Waals surface area contributed by atoms with Crippen molar-refractivity contribution in [2.45, 2.75) is 6.92 Å². The first kappa shape index (κ1) is 10.5. The normalized spacial score (nSPS) is 10.1. The van der Waals surface area contributed by atoms with Gasteiger partial charge in [0, 0.05) is 17.3 Å². The lowest BCUT2D eigenvalue weighted by Crippen LogP contribution is -1.91. The third-order valence-corrected chi connectivity index (χ3v) is 2.54. The van der Waals surface area contributed by atoms with Gasteiger partial charge in [-0.05, 0) is 30.2 Å². The van der Waals surface area contributed by atoms with E-state index >= 15 is 0 Å². The monoisotopic (exact) mass is 215 g/mol. The molecular weight excluding hydrogens is 205 g/mol. The van der Waals surface area contributed by atoms with Crippen molar-refractivity contribution in [1.82, 2.24) is 4.98 Å². The zero-order valence-corrected chi connectivity index (χ0v) is 8.77. The number of carbonyl (C=O) groups is 1. The fraction of sp³-hybridized carbons (Fsp3) is 0.0769. The number of rotatable bonds is 2. The lowest BCUT2D eigenvalue weighted by Gasteiger charge is -2.07. The molecule has 0 amide bonds. The summed E-state index contributed by atoms with van der Waals surface area (Å²) < 4.78 is 12.7. The summed E-state index contributed by atoms with van der Waals surface area (Å²) >= 11 is 0. The average Bonchev–Trinajstić information content (AvgIpc) is 2.31. The van der Waals surface area contributed by atoms with Crippen molar-refractivity contribution in [3.8, 4) is 11.1 Å². The minimum atomic E-state index is -0.507. The molecule has 3 heteroatoms. The summed E-state index contributed by atoms with van der Waals surface area (Å²) in [6, 6.07) is 8.40. The van der Waals surface area contributed by atoms with Gasteiger partial charge < -0.3 is 0 Å². The van der Waals surface area contributed by atoms with E-state index in [-0.39, 0.29) is 0 Å². The summed E-state index contributed by atoms with van der Waals surface area (Å²) in [7, 11) is 0. The Balaban J connectivity index is 2.56. The molecule has 2 nitrogen and oxygen atoms in total. The summed E-state index contributed by atoms with van der Waals surface area (Å²) in [6.45, 7) is 1.86. The van der Waals surface area contributed by atoms with Crippen LogP contribution < -0.4 is 0 Å². The Kier molecular flexibility index (Phi) is 2.77. The van der Waals surface area contributed by atoms with Crippen molar-refractivity contribution >= 4 is 6.29 Å². The van der Waals surface area contributed by atoms with Crippen LogP contribution >= 0.6 is 0 Å². The van der Waals surface area contributed by atoms with Gasteiger partial charge in [0.05, 0.1) is 0 Å². The lowest BCUT2D eigenvalue weighted by molar-refractivity contribution is 0.112. The molecule has 0 unspecified atom stereocenters. The summed E-state index contributed by atoms with van der Waals surface area (Å²) in [5, 5.41) is 0. The van der Waals surface area contributed by atoms with Gasteiger partial charge >= 0.3 is 0 Å². The second-order valence-corrected chi connectivity index (χ2v) is 3.51. The Hall–Kier alpha value is -2.03. The second-order valence-electron chi connectivity index (χ2n) is 3.51. The van der Waals surface area contributed by atoms with Gasteiger partial charge in [-0.1, -0.05) is 18.2 Å². The molecule has 0 spiro atoms. The zero-order chi connectivity index (χ0) is 11.5. The van der Waals surface area contributed by atoms with Gasteiger partial charge in [-0.15, -0.1) is 0 Å². The van der Waals surface area contributed by atoms with Crippen LogP contribution in [0.3, 0.4) is 0 Å². The Labute approximate surface area is 92.8 Å². The minimum absolute atomic E-state index is 0.507. The summed E-state index contributed by atoms with van der Waals surface area (Å²) in [4.78, 5) is 14.4. The first-order valence-electron chi connectivity index (χ1n) is 4.89. The molecule has 2 rings (SSSR count). The van der Waals surface area contributed by atoms with Crippen molar-refractivity contribution in [1.29, 1.82) is 0 Å². The van der Waals surface area contributed by atoms with Gasteiger partial charge in [-0.3, -0.25) is 4.79 Å². The van der Waals surface area contributed by atoms with Gasteiger partial charge in [0.15, 0.2) is 0 Å². The Morgan fingerprint density at radius 2 is 2.06 bits per heavy atom. The quantitative estimate of drug-likeness (QED) is 0.569. The standard InChI is InChI=1S/C13H10FNO/c1-9-11(8-16)3-2-4-12(9)10-5-6-13(14)15-7-10/h2-8H,1H3. The van der Waals surface area contributed by atoms with E-state index < -0.39 is 5.95 Å². The van der Waals surface area contributed by atoms with Crippen LogP contribution in [0.25, 0.3) is 11.1 Å². The average molecular weight is 215 g/mol. The first-order chi connectivity index (χ1) is 7.72. The molecule has 0 aliphatic heterocycles. The van der Waals surface area contributed by atoms with Crippen molar-refractivity contribution in [2.75, 3.05) is 0 Å². The maximum Gasteiger partial charge on any atom is 0.212 e. The van der Waals surface area contributed by atoms with Crippen molar-refractivity contribution < 1.29 is 9.18 Å². The SMILES string of the molecule is Cc1c(C=O)cccc1-c1ccc(F)nc1. The number of hydrogen-bond donors (Lipinski definition) is 0. The van der Waals surface area contributed by atoms with E-state index in [0.717, 1.165) is 23.0 Å². The highest BCUT2D eigenvalue weighted by Crippen LogP contribution is 2.24. The van der Waals surface area contributed by atoms with Gasteiger partial charge in [-0.25, -0.2) is 4.98 Å². The van der Waals surface area contributed by atoms with E-state index in [1.165, 1.54) is 12.3 Å². The molecule has 1 aromatic heterocycles. The van der Waals surface area contributed by atoms with Crippen molar-refractivity contribution in [3.05, 3.63) is 53.6 Å². The Morgan fingerprint density at radius 1 is 1.25 bits per heavy atom. The topological polar surface area (TPSA) is 30.0 Å². The molecule has 0 atom stereocenters. The molecule has 0 radical (unpaired) electrons. The van der Waals surface area contributed by atoms with Crippen LogP contribution in [0.5, 0.6) is 0 Å².